The van der Waals surface area contributed by atoms with E-state index < -0.39 is 0 Å². The molecule has 3 nitrogen and oxygen atoms in total. The van der Waals surface area contributed by atoms with Gasteiger partial charge < -0.3 is 14.5 Å². The van der Waals surface area contributed by atoms with Gasteiger partial charge in [-0.3, -0.25) is 0 Å². The molecule has 0 fully saturated rings. The Kier molecular flexibility index (Phi) is 3.33. The van der Waals surface area contributed by atoms with Gasteiger partial charge in [-0.25, -0.2) is 0 Å². The highest BCUT2D eigenvalue weighted by atomic mass is 16.5. The maximum Gasteiger partial charge on any atom is 0.134 e. The number of para-hydroxylation sites is 1. The average molecular weight is 267 g/mol. The van der Waals surface area contributed by atoms with Gasteiger partial charge in [0.15, 0.2) is 0 Å². The number of hydrogen-bond acceptors (Lipinski definition) is 3. The first-order chi connectivity index (χ1) is 9.76. The van der Waals surface area contributed by atoms with Crippen LogP contribution in [0.15, 0.2) is 59.0 Å². The lowest BCUT2D eigenvalue weighted by Gasteiger charge is -2.13. The third kappa shape index (κ3) is 2.48. The van der Waals surface area contributed by atoms with Gasteiger partial charge in [0, 0.05) is 17.1 Å². The van der Waals surface area contributed by atoms with Crippen LogP contribution >= 0.6 is 0 Å². The fourth-order valence-corrected chi connectivity index (χ4v) is 2.25. The monoisotopic (exact) mass is 267 g/mol. The van der Waals surface area contributed by atoms with Crippen molar-refractivity contribution in [2.75, 3.05) is 12.4 Å². The highest BCUT2D eigenvalue weighted by Crippen LogP contribution is 2.27. The van der Waals surface area contributed by atoms with Crippen molar-refractivity contribution in [3.63, 3.8) is 0 Å². The Bertz CT molecular complexity index is 685. The van der Waals surface area contributed by atoms with Crippen LogP contribution in [0, 0.1) is 0 Å². The zero-order chi connectivity index (χ0) is 13.9. The van der Waals surface area contributed by atoms with E-state index >= 15 is 0 Å². The molecule has 3 aromatic rings. The molecule has 1 N–H and O–H groups in total. The molecular formula is C17H17NO2. The Morgan fingerprint density at radius 1 is 1.05 bits per heavy atom. The molecule has 0 amide bonds. The van der Waals surface area contributed by atoms with E-state index in [0.717, 1.165) is 28.2 Å². The molecule has 0 saturated heterocycles. The van der Waals surface area contributed by atoms with Gasteiger partial charge in [0.2, 0.25) is 0 Å². The Labute approximate surface area is 118 Å². The van der Waals surface area contributed by atoms with Crippen molar-refractivity contribution >= 4 is 16.7 Å². The van der Waals surface area contributed by atoms with Crippen molar-refractivity contribution in [3.8, 4) is 5.75 Å². The number of hydrogen-bond donors (Lipinski definition) is 1. The second-order valence-electron chi connectivity index (χ2n) is 4.78. The summed E-state index contributed by atoms with van der Waals surface area (Å²) in [6.07, 6.45) is 0. The summed E-state index contributed by atoms with van der Waals surface area (Å²) < 4.78 is 11.1. The van der Waals surface area contributed by atoms with Crippen molar-refractivity contribution in [1.29, 1.82) is 0 Å². The Balaban J connectivity index is 1.82. The van der Waals surface area contributed by atoms with Gasteiger partial charge in [-0.05, 0) is 31.2 Å². The second-order valence-corrected chi connectivity index (χ2v) is 4.78. The Morgan fingerprint density at radius 2 is 1.90 bits per heavy atom. The molecule has 0 radical (unpaired) electrons. The maximum absolute atomic E-state index is 5.86. The van der Waals surface area contributed by atoms with Crippen LogP contribution in [0.25, 0.3) is 11.0 Å². The SMILES string of the molecule is COc1cccc(NC(C)c2cc3ccccc3o2)c1. The summed E-state index contributed by atoms with van der Waals surface area (Å²) in [4.78, 5) is 0. The van der Waals surface area contributed by atoms with Crippen LogP contribution in [-0.4, -0.2) is 7.11 Å². The molecular weight excluding hydrogens is 250 g/mol. The average Bonchev–Trinajstić information content (AvgIpc) is 2.91. The fourth-order valence-electron chi connectivity index (χ4n) is 2.25. The maximum atomic E-state index is 5.86. The summed E-state index contributed by atoms with van der Waals surface area (Å²) in [5.41, 5.74) is 1.93. The molecule has 1 heterocycles. The molecule has 3 rings (SSSR count). The Hall–Kier alpha value is -2.42. The third-order valence-corrected chi connectivity index (χ3v) is 3.32. The number of methoxy groups -OCH3 is 1. The molecule has 0 aliphatic heterocycles. The number of fused-ring (bicyclic) bond motifs is 1. The van der Waals surface area contributed by atoms with Crippen LogP contribution in [0.2, 0.25) is 0 Å². The minimum atomic E-state index is 0.0921. The van der Waals surface area contributed by atoms with Gasteiger partial charge >= 0.3 is 0 Å². The molecule has 1 aromatic heterocycles. The topological polar surface area (TPSA) is 34.4 Å². The van der Waals surface area contributed by atoms with Crippen molar-refractivity contribution in [2.24, 2.45) is 0 Å². The number of rotatable bonds is 4. The predicted octanol–water partition coefficient (Wildman–Crippen LogP) is 4.61. The van der Waals surface area contributed by atoms with E-state index in [0.29, 0.717) is 0 Å². The van der Waals surface area contributed by atoms with E-state index in [4.69, 9.17) is 9.15 Å². The molecule has 1 unspecified atom stereocenters. The van der Waals surface area contributed by atoms with Crippen molar-refractivity contribution in [3.05, 3.63) is 60.4 Å². The summed E-state index contributed by atoms with van der Waals surface area (Å²) in [6.45, 7) is 2.08. The molecule has 1 atom stereocenters. The Morgan fingerprint density at radius 3 is 2.70 bits per heavy atom. The zero-order valence-electron chi connectivity index (χ0n) is 11.6. The molecule has 102 valence electrons. The molecule has 0 aliphatic carbocycles. The number of furan rings is 1. The first kappa shape index (κ1) is 12.6. The first-order valence-electron chi connectivity index (χ1n) is 6.65. The van der Waals surface area contributed by atoms with Crippen LogP contribution in [0.3, 0.4) is 0 Å². The first-order valence-corrected chi connectivity index (χ1v) is 6.65. The lowest BCUT2D eigenvalue weighted by Crippen LogP contribution is -2.05. The van der Waals surface area contributed by atoms with Gasteiger partial charge in [0.05, 0.1) is 13.2 Å². The summed E-state index contributed by atoms with van der Waals surface area (Å²) in [6, 6.07) is 18.1. The normalized spacial score (nSPS) is 12.3. The summed E-state index contributed by atoms with van der Waals surface area (Å²) in [5, 5.41) is 4.55. The van der Waals surface area contributed by atoms with Crippen molar-refractivity contribution in [2.45, 2.75) is 13.0 Å². The van der Waals surface area contributed by atoms with Gasteiger partial charge in [-0.1, -0.05) is 24.3 Å². The van der Waals surface area contributed by atoms with E-state index in [1.54, 1.807) is 7.11 Å². The molecule has 0 aliphatic rings. The van der Waals surface area contributed by atoms with E-state index in [-0.39, 0.29) is 6.04 Å². The minimum Gasteiger partial charge on any atom is -0.497 e. The fraction of sp³-hybridized carbons (Fsp3) is 0.176. The van der Waals surface area contributed by atoms with Crippen LogP contribution in [0.1, 0.15) is 18.7 Å². The van der Waals surface area contributed by atoms with Gasteiger partial charge in [-0.2, -0.15) is 0 Å². The predicted molar refractivity (Wildman–Crippen MR) is 81.2 cm³/mol. The van der Waals surface area contributed by atoms with Gasteiger partial charge in [0.1, 0.15) is 17.1 Å². The van der Waals surface area contributed by atoms with Crippen LogP contribution in [0.5, 0.6) is 5.75 Å². The summed E-state index contributed by atoms with van der Waals surface area (Å²) in [7, 11) is 1.67. The highest BCUT2D eigenvalue weighted by Gasteiger charge is 2.11. The minimum absolute atomic E-state index is 0.0921. The number of anilines is 1. The second kappa shape index (κ2) is 5.29. The molecule has 2 aromatic carbocycles. The molecule has 3 heteroatoms. The highest BCUT2D eigenvalue weighted by molar-refractivity contribution is 5.77. The summed E-state index contributed by atoms with van der Waals surface area (Å²) in [5.74, 6) is 1.76. The number of ether oxygens (including phenoxy) is 1. The zero-order valence-corrected chi connectivity index (χ0v) is 11.6. The standard InChI is InChI=1S/C17H17NO2/c1-12(18-14-7-5-8-15(11-14)19-2)17-10-13-6-3-4-9-16(13)20-17/h3-12,18H,1-2H3. The number of nitrogens with one attached hydrogen (secondary N) is 1. The smallest absolute Gasteiger partial charge is 0.134 e. The molecule has 0 saturated carbocycles. The molecule has 0 spiro atoms. The van der Waals surface area contributed by atoms with E-state index in [1.165, 1.54) is 0 Å². The van der Waals surface area contributed by atoms with Crippen LogP contribution < -0.4 is 10.1 Å². The lowest BCUT2D eigenvalue weighted by molar-refractivity contribution is 0.415. The third-order valence-electron chi connectivity index (χ3n) is 3.32. The summed E-state index contributed by atoms with van der Waals surface area (Å²) >= 11 is 0. The molecule has 20 heavy (non-hydrogen) atoms. The van der Waals surface area contributed by atoms with E-state index in [9.17, 15) is 0 Å². The van der Waals surface area contributed by atoms with Crippen molar-refractivity contribution in [1.82, 2.24) is 0 Å². The van der Waals surface area contributed by atoms with Gasteiger partial charge in [0.25, 0.3) is 0 Å². The van der Waals surface area contributed by atoms with E-state index in [1.807, 2.05) is 42.5 Å². The number of benzene rings is 2. The van der Waals surface area contributed by atoms with Crippen LogP contribution in [-0.2, 0) is 0 Å². The van der Waals surface area contributed by atoms with Gasteiger partial charge in [-0.15, -0.1) is 0 Å². The largest absolute Gasteiger partial charge is 0.497 e. The quantitative estimate of drug-likeness (QED) is 0.749. The lowest BCUT2D eigenvalue weighted by atomic mass is 10.2. The molecule has 0 bridgehead atoms. The van der Waals surface area contributed by atoms with Crippen LogP contribution in [0.4, 0.5) is 5.69 Å². The van der Waals surface area contributed by atoms with E-state index in [2.05, 4.69) is 24.4 Å². The van der Waals surface area contributed by atoms with Crippen molar-refractivity contribution < 1.29 is 9.15 Å².